The molecule has 21 heavy (non-hydrogen) atoms. The predicted molar refractivity (Wildman–Crippen MR) is 80.4 cm³/mol. The smallest absolute Gasteiger partial charge is 0.404 e. The summed E-state index contributed by atoms with van der Waals surface area (Å²) in [6.07, 6.45) is -0.446. The number of hydrogen-bond donors (Lipinski definition) is 3. The second kappa shape index (κ2) is 6.56. The fourth-order valence-electron chi connectivity index (χ4n) is 2.00. The monoisotopic (exact) mass is 306 g/mol. The molecule has 0 fully saturated rings. The van der Waals surface area contributed by atoms with E-state index in [4.69, 9.17) is 16.7 Å². The van der Waals surface area contributed by atoms with Crippen LogP contribution in [-0.2, 0) is 0 Å². The van der Waals surface area contributed by atoms with E-state index in [1.807, 2.05) is 19.1 Å². The van der Waals surface area contributed by atoms with Crippen LogP contribution >= 0.6 is 11.6 Å². The maximum atomic E-state index is 10.5. The molecule has 0 unspecified atom stereocenters. The van der Waals surface area contributed by atoms with Gasteiger partial charge < -0.3 is 15.5 Å². The van der Waals surface area contributed by atoms with Gasteiger partial charge in [0.1, 0.15) is 0 Å². The summed E-state index contributed by atoms with van der Waals surface area (Å²) in [5.41, 5.74) is 2.99. The molecule has 110 valence electrons. The quantitative estimate of drug-likeness (QED) is 0.811. The lowest BCUT2D eigenvalue weighted by molar-refractivity contribution is 0.159. The Hall–Kier alpha value is -2.11. The van der Waals surface area contributed by atoms with Crippen molar-refractivity contribution in [3.8, 4) is 11.3 Å². The highest BCUT2D eigenvalue weighted by Crippen LogP contribution is 2.31. The van der Waals surface area contributed by atoms with Gasteiger partial charge >= 0.3 is 6.09 Å². The molecule has 3 N–H and O–H groups in total. The van der Waals surface area contributed by atoms with E-state index in [2.05, 4.69) is 10.3 Å². The third kappa shape index (κ3) is 3.71. The summed E-state index contributed by atoms with van der Waals surface area (Å²) in [6, 6.07) is 8.82. The number of halogens is 1. The Kier molecular flexibility index (Phi) is 4.77. The molecule has 0 aliphatic rings. The van der Waals surface area contributed by atoms with Gasteiger partial charge in [-0.1, -0.05) is 23.7 Å². The third-order valence-electron chi connectivity index (χ3n) is 3.09. The lowest BCUT2D eigenvalue weighted by atomic mass is 10.0. The van der Waals surface area contributed by atoms with E-state index in [1.165, 1.54) is 0 Å². The molecule has 1 atom stereocenters. The van der Waals surface area contributed by atoms with E-state index in [1.54, 1.807) is 24.4 Å². The maximum Gasteiger partial charge on any atom is 0.404 e. The number of nitrogens with one attached hydrogen (secondary N) is 1. The summed E-state index contributed by atoms with van der Waals surface area (Å²) in [6.45, 7) is 1.84. The summed E-state index contributed by atoms with van der Waals surface area (Å²) in [4.78, 5) is 14.8. The molecule has 2 aromatic rings. The fourth-order valence-corrected chi connectivity index (χ4v) is 2.21. The van der Waals surface area contributed by atoms with Gasteiger partial charge in [-0.05, 0) is 36.2 Å². The van der Waals surface area contributed by atoms with Crippen molar-refractivity contribution in [3.05, 3.63) is 52.7 Å². The largest absolute Gasteiger partial charge is 0.465 e. The number of nitrogens with zero attached hydrogens (tertiary/aromatic N) is 1. The number of aryl methyl sites for hydroxylation is 1. The molecule has 5 nitrogen and oxygen atoms in total. The molecule has 1 aromatic carbocycles. The number of carboxylic acid groups (broad SMARTS) is 1. The van der Waals surface area contributed by atoms with Crippen LogP contribution in [0.1, 0.15) is 17.2 Å². The highest BCUT2D eigenvalue weighted by molar-refractivity contribution is 6.33. The molecule has 0 spiro atoms. The molecular weight excluding hydrogens is 292 g/mol. The lowest BCUT2D eigenvalue weighted by Gasteiger charge is -2.14. The van der Waals surface area contributed by atoms with Crippen LogP contribution in [0.5, 0.6) is 0 Å². The first-order chi connectivity index (χ1) is 9.99. The highest BCUT2D eigenvalue weighted by atomic mass is 35.5. The van der Waals surface area contributed by atoms with Gasteiger partial charge in [0.15, 0.2) is 0 Å². The first-order valence-electron chi connectivity index (χ1n) is 6.35. The zero-order valence-electron chi connectivity index (χ0n) is 11.4. The molecule has 0 saturated carbocycles. The average Bonchev–Trinajstić information content (AvgIpc) is 2.46. The van der Waals surface area contributed by atoms with E-state index in [0.717, 1.165) is 11.3 Å². The molecule has 0 aliphatic heterocycles. The minimum absolute atomic E-state index is 0.0857. The van der Waals surface area contributed by atoms with Crippen molar-refractivity contribution in [2.24, 2.45) is 0 Å². The van der Waals surface area contributed by atoms with Crippen LogP contribution in [0.4, 0.5) is 4.79 Å². The van der Waals surface area contributed by atoms with E-state index in [9.17, 15) is 9.90 Å². The molecule has 1 aromatic heterocycles. The minimum Gasteiger partial charge on any atom is -0.465 e. The van der Waals surface area contributed by atoms with Crippen LogP contribution in [-0.4, -0.2) is 27.8 Å². The topological polar surface area (TPSA) is 82.5 Å². The number of benzene rings is 1. The Bertz CT molecular complexity index is 661. The zero-order chi connectivity index (χ0) is 15.4. The van der Waals surface area contributed by atoms with Gasteiger partial charge in [0.25, 0.3) is 0 Å². The first-order valence-corrected chi connectivity index (χ1v) is 6.73. The van der Waals surface area contributed by atoms with Gasteiger partial charge in [-0.15, -0.1) is 0 Å². The lowest BCUT2D eigenvalue weighted by Crippen LogP contribution is -2.26. The number of aliphatic hydroxyl groups is 1. The van der Waals surface area contributed by atoms with E-state index in [0.29, 0.717) is 16.1 Å². The SMILES string of the molecule is Cc1cccnc1-c1cc([C@@H](O)CNC(=O)O)ccc1Cl. The average molecular weight is 307 g/mol. The second-order valence-electron chi connectivity index (χ2n) is 4.61. The number of hydrogen-bond acceptors (Lipinski definition) is 3. The molecule has 0 saturated heterocycles. The van der Waals surface area contributed by atoms with E-state index >= 15 is 0 Å². The van der Waals surface area contributed by atoms with Gasteiger partial charge in [0.2, 0.25) is 0 Å². The Labute approximate surface area is 127 Å². The molecule has 1 heterocycles. The number of aliphatic hydroxyl groups excluding tert-OH is 1. The molecular formula is C15H15ClN2O3. The van der Waals surface area contributed by atoms with Crippen LogP contribution in [0.15, 0.2) is 36.5 Å². The van der Waals surface area contributed by atoms with Crippen molar-refractivity contribution in [2.45, 2.75) is 13.0 Å². The van der Waals surface area contributed by atoms with E-state index < -0.39 is 12.2 Å². The van der Waals surface area contributed by atoms with Crippen LogP contribution in [0.3, 0.4) is 0 Å². The van der Waals surface area contributed by atoms with E-state index in [-0.39, 0.29) is 6.54 Å². The van der Waals surface area contributed by atoms with Crippen molar-refractivity contribution in [2.75, 3.05) is 6.54 Å². The van der Waals surface area contributed by atoms with Crippen molar-refractivity contribution in [3.63, 3.8) is 0 Å². The van der Waals surface area contributed by atoms with Gasteiger partial charge in [0, 0.05) is 16.8 Å². The molecule has 0 aliphatic carbocycles. The summed E-state index contributed by atoms with van der Waals surface area (Å²) in [5, 5.41) is 21.3. The van der Waals surface area contributed by atoms with Crippen LogP contribution in [0, 0.1) is 6.92 Å². The van der Waals surface area contributed by atoms with Crippen molar-refractivity contribution in [1.82, 2.24) is 10.3 Å². The summed E-state index contributed by atoms with van der Waals surface area (Å²) in [7, 11) is 0. The molecule has 1 amide bonds. The second-order valence-corrected chi connectivity index (χ2v) is 5.02. The summed E-state index contributed by atoms with van der Waals surface area (Å²) < 4.78 is 0. The van der Waals surface area contributed by atoms with Crippen LogP contribution in [0.2, 0.25) is 5.02 Å². The number of rotatable bonds is 4. The van der Waals surface area contributed by atoms with Gasteiger partial charge in [-0.3, -0.25) is 4.98 Å². The number of carbonyl (C=O) groups is 1. The summed E-state index contributed by atoms with van der Waals surface area (Å²) >= 11 is 6.20. The highest BCUT2D eigenvalue weighted by Gasteiger charge is 2.13. The zero-order valence-corrected chi connectivity index (χ0v) is 12.1. The number of aromatic nitrogens is 1. The Morgan fingerprint density at radius 2 is 2.19 bits per heavy atom. The van der Waals surface area contributed by atoms with Crippen molar-refractivity contribution in [1.29, 1.82) is 0 Å². The van der Waals surface area contributed by atoms with Crippen molar-refractivity contribution < 1.29 is 15.0 Å². The van der Waals surface area contributed by atoms with Crippen LogP contribution in [0.25, 0.3) is 11.3 Å². The number of pyridine rings is 1. The molecule has 6 heteroatoms. The molecule has 2 rings (SSSR count). The Balaban J connectivity index is 2.34. The first kappa shape index (κ1) is 15.3. The normalized spacial score (nSPS) is 12.0. The van der Waals surface area contributed by atoms with Gasteiger partial charge in [-0.2, -0.15) is 0 Å². The van der Waals surface area contributed by atoms with Gasteiger partial charge in [0.05, 0.1) is 18.3 Å². The Morgan fingerprint density at radius 3 is 2.86 bits per heavy atom. The fraction of sp³-hybridized carbons (Fsp3) is 0.200. The van der Waals surface area contributed by atoms with Crippen molar-refractivity contribution >= 4 is 17.7 Å². The summed E-state index contributed by atoms with van der Waals surface area (Å²) in [5.74, 6) is 0. The molecule has 0 bridgehead atoms. The standard InChI is InChI=1S/C15H15ClN2O3/c1-9-3-2-6-17-14(9)11-7-10(4-5-12(11)16)13(19)8-18-15(20)21/h2-7,13,18-19H,8H2,1H3,(H,20,21)/t13-/m0/s1. The number of amides is 1. The minimum atomic E-state index is -1.18. The van der Waals surface area contributed by atoms with Crippen LogP contribution < -0.4 is 5.32 Å². The van der Waals surface area contributed by atoms with Gasteiger partial charge in [-0.25, -0.2) is 4.79 Å². The Morgan fingerprint density at radius 1 is 1.43 bits per heavy atom. The molecule has 0 radical (unpaired) electrons. The third-order valence-corrected chi connectivity index (χ3v) is 3.42. The maximum absolute atomic E-state index is 10.5. The predicted octanol–water partition coefficient (Wildman–Crippen LogP) is 3.01.